The van der Waals surface area contributed by atoms with Gasteiger partial charge in [-0.2, -0.15) is 0 Å². The summed E-state index contributed by atoms with van der Waals surface area (Å²) in [4.78, 5) is 20.3. The molecular weight excluding hydrogens is 785 g/mol. The van der Waals surface area contributed by atoms with Crippen molar-refractivity contribution in [1.29, 1.82) is 0 Å². The van der Waals surface area contributed by atoms with Gasteiger partial charge in [0.1, 0.15) is 16.7 Å². The van der Waals surface area contributed by atoms with Gasteiger partial charge in [0.05, 0.1) is 5.56 Å². The zero-order valence-corrected chi connectivity index (χ0v) is 34.2. The molecule has 0 aliphatic carbocycles. The van der Waals surface area contributed by atoms with Crippen LogP contribution >= 0.6 is 0 Å². The molecule has 10 aromatic carbocycles. The number of hydrogen-bond donors (Lipinski definition) is 0. The minimum absolute atomic E-state index is 0.576. The Kier molecular flexibility index (Phi) is 8.11. The van der Waals surface area contributed by atoms with Crippen molar-refractivity contribution in [3.63, 3.8) is 0 Å². The van der Waals surface area contributed by atoms with Gasteiger partial charge in [-0.15, -0.1) is 0 Å². The van der Waals surface area contributed by atoms with Crippen LogP contribution in [0.4, 0.5) is 0 Å². The van der Waals surface area contributed by atoms with Crippen LogP contribution in [-0.4, -0.2) is 19.9 Å². The van der Waals surface area contributed by atoms with E-state index in [-0.39, 0.29) is 0 Å². The zero-order valence-electron chi connectivity index (χ0n) is 34.2. The number of furan rings is 1. The van der Waals surface area contributed by atoms with Crippen LogP contribution in [-0.2, 0) is 0 Å². The highest BCUT2D eigenvalue weighted by Gasteiger charge is 2.24. The number of hydrogen-bond acceptors (Lipinski definition) is 6. The molecule has 0 saturated heterocycles. The van der Waals surface area contributed by atoms with Gasteiger partial charge >= 0.3 is 0 Å². The van der Waals surface area contributed by atoms with Crippen molar-refractivity contribution in [2.24, 2.45) is 0 Å². The molecule has 6 heteroatoms. The van der Waals surface area contributed by atoms with Crippen molar-refractivity contribution < 1.29 is 8.83 Å². The summed E-state index contributed by atoms with van der Waals surface area (Å²) < 4.78 is 13.5. The lowest BCUT2D eigenvalue weighted by Crippen LogP contribution is -2.00. The van der Waals surface area contributed by atoms with Gasteiger partial charge in [0, 0.05) is 39.1 Å². The molecule has 6 nitrogen and oxygen atoms in total. The second-order valence-electron chi connectivity index (χ2n) is 16.1. The van der Waals surface area contributed by atoms with Crippen molar-refractivity contribution in [2.45, 2.75) is 0 Å². The molecule has 64 heavy (non-hydrogen) atoms. The van der Waals surface area contributed by atoms with Gasteiger partial charge in [0.2, 0.25) is 5.89 Å². The highest BCUT2D eigenvalue weighted by atomic mass is 16.4. The van der Waals surface area contributed by atoms with Crippen LogP contribution < -0.4 is 0 Å². The molecule has 0 bridgehead atoms. The lowest BCUT2D eigenvalue weighted by Gasteiger charge is -2.14. The summed E-state index contributed by atoms with van der Waals surface area (Å²) in [7, 11) is 0. The summed E-state index contributed by atoms with van der Waals surface area (Å²) >= 11 is 0. The van der Waals surface area contributed by atoms with E-state index in [1.807, 2.05) is 78.9 Å². The molecule has 0 radical (unpaired) electrons. The topological polar surface area (TPSA) is 77.8 Å². The van der Waals surface area contributed by atoms with E-state index in [9.17, 15) is 0 Å². The summed E-state index contributed by atoms with van der Waals surface area (Å²) in [5.74, 6) is 2.46. The number of oxazole rings is 1. The Labute approximate surface area is 366 Å². The fourth-order valence-electron chi connectivity index (χ4n) is 9.39. The Morgan fingerprint density at radius 1 is 0.297 bits per heavy atom. The van der Waals surface area contributed by atoms with Crippen molar-refractivity contribution in [3.05, 3.63) is 206 Å². The normalized spacial score (nSPS) is 11.8. The maximum Gasteiger partial charge on any atom is 0.228 e. The molecule has 3 heterocycles. The molecule has 0 atom stereocenters. The predicted molar refractivity (Wildman–Crippen MR) is 260 cm³/mol. The second kappa shape index (κ2) is 14.4. The van der Waals surface area contributed by atoms with Gasteiger partial charge in [-0.1, -0.05) is 188 Å². The van der Waals surface area contributed by atoms with E-state index < -0.39 is 0 Å². The van der Waals surface area contributed by atoms with E-state index in [2.05, 4.69) is 127 Å². The van der Waals surface area contributed by atoms with E-state index in [0.29, 0.717) is 28.9 Å². The van der Waals surface area contributed by atoms with Crippen molar-refractivity contribution in [1.82, 2.24) is 19.9 Å². The Hall–Kier alpha value is -8.74. The minimum atomic E-state index is 0.576. The van der Waals surface area contributed by atoms with Crippen LogP contribution in [0, 0.1) is 0 Å². The monoisotopic (exact) mass is 818 g/mol. The molecule has 3 aromatic heterocycles. The minimum Gasteiger partial charge on any atom is -0.456 e. The number of rotatable bonds is 6. The highest BCUT2D eigenvalue weighted by Crippen LogP contribution is 2.47. The largest absolute Gasteiger partial charge is 0.456 e. The van der Waals surface area contributed by atoms with Crippen LogP contribution in [0.3, 0.4) is 0 Å². The molecule has 0 unspecified atom stereocenters. The van der Waals surface area contributed by atoms with Crippen LogP contribution in [0.5, 0.6) is 0 Å². The number of benzene rings is 10. The van der Waals surface area contributed by atoms with Crippen LogP contribution in [0.2, 0.25) is 0 Å². The maximum absolute atomic E-state index is 6.87. The molecule has 0 aliphatic rings. The molecule has 0 N–H and O–H groups in total. The van der Waals surface area contributed by atoms with Gasteiger partial charge < -0.3 is 8.83 Å². The van der Waals surface area contributed by atoms with Crippen LogP contribution in [0.25, 0.3) is 133 Å². The number of fused-ring (bicyclic) bond motifs is 7. The summed E-state index contributed by atoms with van der Waals surface area (Å²) in [5, 5.41) is 8.71. The van der Waals surface area contributed by atoms with E-state index in [4.69, 9.17) is 28.8 Å². The third-order valence-corrected chi connectivity index (χ3v) is 12.4. The van der Waals surface area contributed by atoms with Crippen LogP contribution in [0.1, 0.15) is 0 Å². The predicted octanol–water partition coefficient (Wildman–Crippen LogP) is 15.4. The molecule has 0 saturated carbocycles. The SMILES string of the molecule is c1ccc(-c2nc(-c3ccccc3)nc(-c3ccc(-c4ccc(-c5c6nc(-c7c8ccccc8cc8ccccc78)oc6cc6oc7ccccc7c56)c5ccccc45)cc3)n2)cc1. The van der Waals surface area contributed by atoms with Crippen LogP contribution in [0.15, 0.2) is 215 Å². The van der Waals surface area contributed by atoms with Gasteiger partial charge in [-0.05, 0) is 61.1 Å². The Morgan fingerprint density at radius 3 is 1.41 bits per heavy atom. The number of nitrogens with zero attached hydrogens (tertiary/aromatic N) is 4. The number of para-hydroxylation sites is 1. The Bertz CT molecular complexity index is 3840. The van der Waals surface area contributed by atoms with E-state index in [1.54, 1.807) is 0 Å². The Balaban J connectivity index is 0.984. The third kappa shape index (κ3) is 5.81. The standard InChI is InChI=1S/C58H34N4O2/c1-3-15-36(16-4-1)55-60-56(37-17-5-2-6-18-37)62-57(61-55)38-29-27-35(28-30-38)41-31-32-46(45-24-12-11-23-44(41)45)53-52-47-25-13-14-26-48(47)63-49(52)34-50-54(53)59-58(64-50)51-42-21-9-7-19-39(42)33-40-20-8-10-22-43(40)51/h1-34H. The van der Waals surface area contributed by atoms with E-state index >= 15 is 0 Å². The summed E-state index contributed by atoms with van der Waals surface area (Å²) in [6.45, 7) is 0. The lowest BCUT2D eigenvalue weighted by atomic mass is 9.89. The molecule has 13 rings (SSSR count). The smallest absolute Gasteiger partial charge is 0.228 e. The van der Waals surface area contributed by atoms with Gasteiger partial charge in [0.25, 0.3) is 0 Å². The quantitative estimate of drug-likeness (QED) is 0.156. The first-order valence-electron chi connectivity index (χ1n) is 21.4. The summed E-state index contributed by atoms with van der Waals surface area (Å²) in [6, 6.07) is 71.1. The summed E-state index contributed by atoms with van der Waals surface area (Å²) in [6.07, 6.45) is 0. The maximum atomic E-state index is 6.87. The molecule has 0 fully saturated rings. The number of aromatic nitrogens is 4. The third-order valence-electron chi connectivity index (χ3n) is 12.4. The first-order chi connectivity index (χ1) is 31.7. The molecule has 0 aliphatic heterocycles. The first-order valence-corrected chi connectivity index (χ1v) is 21.4. The lowest BCUT2D eigenvalue weighted by molar-refractivity contribution is 0.619. The summed E-state index contributed by atoms with van der Waals surface area (Å²) in [5.41, 5.74) is 11.0. The first kappa shape index (κ1) is 36.0. The second-order valence-corrected chi connectivity index (χ2v) is 16.1. The van der Waals surface area contributed by atoms with Crippen molar-refractivity contribution in [2.75, 3.05) is 0 Å². The fourth-order valence-corrected chi connectivity index (χ4v) is 9.39. The average molecular weight is 819 g/mol. The molecule has 0 spiro atoms. The highest BCUT2D eigenvalue weighted by molar-refractivity contribution is 6.23. The van der Waals surface area contributed by atoms with Gasteiger partial charge in [-0.25, -0.2) is 19.9 Å². The fraction of sp³-hybridized carbons (Fsp3) is 0. The van der Waals surface area contributed by atoms with Gasteiger partial charge in [-0.3, -0.25) is 0 Å². The average Bonchev–Trinajstić information content (AvgIpc) is 3.96. The van der Waals surface area contributed by atoms with Crippen molar-refractivity contribution in [3.8, 4) is 67.9 Å². The molecule has 0 amide bonds. The van der Waals surface area contributed by atoms with Crippen molar-refractivity contribution >= 4 is 65.4 Å². The Morgan fingerprint density at radius 2 is 0.781 bits per heavy atom. The molecule has 298 valence electrons. The zero-order chi connectivity index (χ0) is 42.1. The van der Waals surface area contributed by atoms with E-state index in [0.717, 1.165) is 104 Å². The molecule has 13 aromatic rings. The van der Waals surface area contributed by atoms with Gasteiger partial charge in [0.15, 0.2) is 23.1 Å². The molecular formula is C58H34N4O2. The van der Waals surface area contributed by atoms with E-state index in [1.165, 1.54) is 0 Å².